The summed E-state index contributed by atoms with van der Waals surface area (Å²) in [5, 5.41) is 2.31. The molecule has 0 aliphatic heterocycles. The predicted molar refractivity (Wildman–Crippen MR) is 269 cm³/mol. The van der Waals surface area contributed by atoms with Gasteiger partial charge in [0.15, 0.2) is 5.82 Å². The first-order valence-corrected chi connectivity index (χ1v) is 22.3. The summed E-state index contributed by atoms with van der Waals surface area (Å²) in [5.74, 6) is 0.697. The number of hydrogen-bond donors (Lipinski definition) is 0. The quantitative estimate of drug-likeness (QED) is 0.152. The van der Waals surface area contributed by atoms with E-state index >= 15 is 0 Å². The first-order chi connectivity index (χ1) is 32.2. The lowest BCUT2D eigenvalue weighted by atomic mass is 9.67. The predicted octanol–water partition coefficient (Wildman–Crippen LogP) is 16.0. The Kier molecular flexibility index (Phi) is 9.43. The lowest BCUT2D eigenvalue weighted by Gasteiger charge is -2.34. The molecule has 0 unspecified atom stereocenters. The molecular formula is C63H42N2. The van der Waals surface area contributed by atoms with Crippen LogP contribution in [0.25, 0.3) is 89.2 Å². The smallest absolute Gasteiger partial charge is 0.160 e. The molecule has 0 bridgehead atoms. The molecular weight excluding hydrogens is 785 g/mol. The minimum absolute atomic E-state index is 0.459. The number of hydrogen-bond acceptors (Lipinski definition) is 2. The van der Waals surface area contributed by atoms with Gasteiger partial charge in [0.2, 0.25) is 0 Å². The summed E-state index contributed by atoms with van der Waals surface area (Å²) in [6, 6.07) is 91.9. The van der Waals surface area contributed by atoms with E-state index in [-0.39, 0.29) is 0 Å². The average molecular weight is 827 g/mol. The fourth-order valence-corrected chi connectivity index (χ4v) is 10.3. The van der Waals surface area contributed by atoms with Crippen molar-refractivity contribution < 1.29 is 0 Å². The van der Waals surface area contributed by atoms with E-state index in [4.69, 9.17) is 9.97 Å². The topological polar surface area (TPSA) is 25.8 Å². The monoisotopic (exact) mass is 826 g/mol. The Morgan fingerprint density at radius 3 is 1.40 bits per heavy atom. The van der Waals surface area contributed by atoms with E-state index in [0.29, 0.717) is 5.82 Å². The summed E-state index contributed by atoms with van der Waals surface area (Å²) in [6.45, 7) is 0. The Hall–Kier alpha value is -8.46. The van der Waals surface area contributed by atoms with Gasteiger partial charge in [0.1, 0.15) is 0 Å². The van der Waals surface area contributed by atoms with Crippen LogP contribution in [0, 0.1) is 0 Å². The third-order valence-corrected chi connectivity index (χ3v) is 13.2. The summed E-state index contributed by atoms with van der Waals surface area (Å²) < 4.78 is 0. The van der Waals surface area contributed by atoms with Crippen LogP contribution in [-0.4, -0.2) is 9.97 Å². The lowest BCUT2D eigenvalue weighted by molar-refractivity contribution is 0.769. The lowest BCUT2D eigenvalue weighted by Crippen LogP contribution is -2.28. The summed E-state index contributed by atoms with van der Waals surface area (Å²) >= 11 is 0. The van der Waals surface area contributed by atoms with Crippen LogP contribution in [0.15, 0.2) is 255 Å². The van der Waals surface area contributed by atoms with Gasteiger partial charge in [0, 0.05) is 16.7 Å². The number of rotatable bonds is 8. The van der Waals surface area contributed by atoms with E-state index in [1.54, 1.807) is 0 Å². The van der Waals surface area contributed by atoms with Crippen molar-refractivity contribution in [1.29, 1.82) is 0 Å². The number of aromatic nitrogens is 2. The zero-order valence-electron chi connectivity index (χ0n) is 35.6. The molecule has 1 aliphatic rings. The zero-order chi connectivity index (χ0) is 43.2. The standard InChI is InChI=1S/C63H42N2/c1-5-20-43(21-6-1)50-30-13-16-34-56(50)60-42-61(65-62(64-60)44-22-7-2-8-23-44)57-39-38-51(52-31-14-15-32-53(52)57)47-25-19-24-45(40-47)46-36-37-55-54-33-17-18-35-58(54)63(59(55)41-46,48-26-9-3-10-27-48)49-28-11-4-12-29-49/h1-42H. The molecule has 0 saturated carbocycles. The van der Waals surface area contributed by atoms with Gasteiger partial charge in [-0.3, -0.25) is 0 Å². The van der Waals surface area contributed by atoms with Crippen LogP contribution < -0.4 is 0 Å². The number of benzene rings is 10. The van der Waals surface area contributed by atoms with Crippen LogP contribution >= 0.6 is 0 Å². The van der Waals surface area contributed by atoms with Crippen molar-refractivity contribution >= 4 is 10.8 Å². The van der Waals surface area contributed by atoms with Gasteiger partial charge in [-0.05, 0) is 95.7 Å². The van der Waals surface area contributed by atoms with Gasteiger partial charge < -0.3 is 0 Å². The van der Waals surface area contributed by atoms with Crippen molar-refractivity contribution in [1.82, 2.24) is 9.97 Å². The molecule has 0 fully saturated rings. The molecule has 1 aliphatic carbocycles. The normalized spacial score (nSPS) is 12.4. The fourth-order valence-electron chi connectivity index (χ4n) is 10.3. The Balaban J connectivity index is 0.992. The molecule has 0 N–H and O–H groups in total. The molecule has 11 aromatic rings. The van der Waals surface area contributed by atoms with E-state index in [0.717, 1.165) is 50.2 Å². The molecule has 2 heteroatoms. The number of nitrogens with zero attached hydrogens (tertiary/aromatic N) is 2. The molecule has 304 valence electrons. The van der Waals surface area contributed by atoms with Crippen LogP contribution in [0.5, 0.6) is 0 Å². The molecule has 65 heavy (non-hydrogen) atoms. The van der Waals surface area contributed by atoms with Gasteiger partial charge in [-0.1, -0.05) is 237 Å². The van der Waals surface area contributed by atoms with E-state index < -0.39 is 5.41 Å². The Morgan fingerprint density at radius 1 is 0.246 bits per heavy atom. The fraction of sp³-hybridized carbons (Fsp3) is 0.0159. The molecule has 0 amide bonds. The van der Waals surface area contributed by atoms with Gasteiger partial charge in [0.05, 0.1) is 16.8 Å². The van der Waals surface area contributed by atoms with E-state index in [1.807, 2.05) is 18.2 Å². The van der Waals surface area contributed by atoms with Crippen LogP contribution in [0.2, 0.25) is 0 Å². The highest BCUT2D eigenvalue weighted by Crippen LogP contribution is 2.56. The maximum absolute atomic E-state index is 5.30. The third-order valence-electron chi connectivity index (χ3n) is 13.2. The highest BCUT2D eigenvalue weighted by atomic mass is 14.9. The van der Waals surface area contributed by atoms with Gasteiger partial charge in [-0.2, -0.15) is 0 Å². The van der Waals surface area contributed by atoms with Crippen molar-refractivity contribution in [2.75, 3.05) is 0 Å². The molecule has 1 aromatic heterocycles. The van der Waals surface area contributed by atoms with E-state index in [2.05, 4.69) is 237 Å². The van der Waals surface area contributed by atoms with Crippen LogP contribution in [0.4, 0.5) is 0 Å². The van der Waals surface area contributed by atoms with Crippen LogP contribution in [-0.2, 0) is 5.41 Å². The van der Waals surface area contributed by atoms with Crippen molar-refractivity contribution in [3.63, 3.8) is 0 Å². The SMILES string of the molecule is c1ccc(-c2nc(-c3ccccc3-c3ccccc3)cc(-c3ccc(-c4cccc(-c5ccc6c(c5)C(c5ccccc5)(c5ccccc5)c5ccccc5-6)c4)c4ccccc34)n2)cc1. The van der Waals surface area contributed by atoms with E-state index in [9.17, 15) is 0 Å². The van der Waals surface area contributed by atoms with Crippen molar-refractivity contribution in [2.24, 2.45) is 0 Å². The highest BCUT2D eigenvalue weighted by molar-refractivity contribution is 6.05. The van der Waals surface area contributed by atoms with Gasteiger partial charge in [-0.15, -0.1) is 0 Å². The molecule has 12 rings (SSSR count). The summed E-state index contributed by atoms with van der Waals surface area (Å²) in [6.07, 6.45) is 0. The molecule has 0 spiro atoms. The zero-order valence-corrected chi connectivity index (χ0v) is 35.6. The first kappa shape index (κ1) is 38.2. The summed E-state index contributed by atoms with van der Waals surface area (Å²) in [5.41, 5.74) is 19.1. The van der Waals surface area contributed by atoms with Gasteiger partial charge in [-0.25, -0.2) is 9.97 Å². The van der Waals surface area contributed by atoms with Crippen molar-refractivity contribution in [3.05, 3.63) is 277 Å². The van der Waals surface area contributed by atoms with Crippen molar-refractivity contribution in [2.45, 2.75) is 5.41 Å². The first-order valence-electron chi connectivity index (χ1n) is 22.3. The average Bonchev–Trinajstić information content (AvgIpc) is 3.69. The second kappa shape index (κ2) is 16.0. The molecule has 0 atom stereocenters. The third kappa shape index (κ3) is 6.50. The minimum atomic E-state index is -0.459. The maximum Gasteiger partial charge on any atom is 0.160 e. The van der Waals surface area contributed by atoms with Crippen molar-refractivity contribution in [3.8, 4) is 78.4 Å². The Bertz CT molecular complexity index is 3480. The van der Waals surface area contributed by atoms with Crippen LogP contribution in [0.1, 0.15) is 22.3 Å². The molecule has 0 saturated heterocycles. The molecule has 0 radical (unpaired) electrons. The van der Waals surface area contributed by atoms with Gasteiger partial charge in [0.25, 0.3) is 0 Å². The Morgan fingerprint density at radius 2 is 0.708 bits per heavy atom. The summed E-state index contributed by atoms with van der Waals surface area (Å²) in [4.78, 5) is 10.5. The maximum atomic E-state index is 5.30. The van der Waals surface area contributed by atoms with Crippen LogP contribution in [0.3, 0.4) is 0 Å². The minimum Gasteiger partial charge on any atom is -0.228 e. The van der Waals surface area contributed by atoms with Gasteiger partial charge >= 0.3 is 0 Å². The highest BCUT2D eigenvalue weighted by Gasteiger charge is 2.46. The largest absolute Gasteiger partial charge is 0.228 e. The Labute approximate surface area is 379 Å². The molecule has 2 nitrogen and oxygen atoms in total. The second-order valence-electron chi connectivity index (χ2n) is 16.8. The molecule has 10 aromatic carbocycles. The summed E-state index contributed by atoms with van der Waals surface area (Å²) in [7, 11) is 0. The number of fused-ring (bicyclic) bond motifs is 4. The van der Waals surface area contributed by atoms with E-state index in [1.165, 1.54) is 55.5 Å². The molecule has 1 heterocycles. The second-order valence-corrected chi connectivity index (χ2v) is 16.8.